The summed E-state index contributed by atoms with van der Waals surface area (Å²) in [6.45, 7) is 4.14. The summed E-state index contributed by atoms with van der Waals surface area (Å²) in [5.74, 6) is 1.25. The average Bonchev–Trinajstić information content (AvgIpc) is 2.33. The molecule has 0 saturated carbocycles. The summed E-state index contributed by atoms with van der Waals surface area (Å²) >= 11 is 0. The Labute approximate surface area is 66.4 Å². The number of aromatic nitrogens is 3. The molecule has 0 radical (unpaired) electrons. The molecule has 4 heteroatoms. The Hall–Kier alpha value is -0.900. The molecular formula is C7H14N4. The lowest BCUT2D eigenvalue weighted by atomic mass is 10.1. The predicted molar refractivity (Wildman–Crippen MR) is 42.8 cm³/mol. The maximum absolute atomic E-state index is 5.86. The second-order valence-corrected chi connectivity index (χ2v) is 3.01. The van der Waals surface area contributed by atoms with Crippen molar-refractivity contribution in [3.63, 3.8) is 0 Å². The molecule has 0 aliphatic carbocycles. The third kappa shape index (κ3) is 1.57. The number of nitrogens with zero attached hydrogens (tertiary/aromatic N) is 3. The molecule has 11 heavy (non-hydrogen) atoms. The second-order valence-electron chi connectivity index (χ2n) is 3.01. The minimum Gasteiger partial charge on any atom is -0.321 e. The summed E-state index contributed by atoms with van der Waals surface area (Å²) in [7, 11) is 1.85. The van der Waals surface area contributed by atoms with Gasteiger partial charge in [0, 0.05) is 7.05 Å². The standard InChI is InChI=1S/C7H14N4/c1-5(2)6(8)7-9-4-10-11(7)3/h4-6H,8H2,1-3H3/t6-/m0/s1. The Morgan fingerprint density at radius 3 is 2.55 bits per heavy atom. The first-order valence-corrected chi connectivity index (χ1v) is 3.72. The van der Waals surface area contributed by atoms with E-state index in [4.69, 9.17) is 5.73 Å². The van der Waals surface area contributed by atoms with Crippen molar-refractivity contribution in [1.29, 1.82) is 0 Å². The van der Waals surface area contributed by atoms with E-state index in [-0.39, 0.29) is 6.04 Å². The van der Waals surface area contributed by atoms with Crippen LogP contribution in [0.1, 0.15) is 25.7 Å². The van der Waals surface area contributed by atoms with E-state index in [9.17, 15) is 0 Å². The van der Waals surface area contributed by atoms with Crippen LogP contribution in [0.15, 0.2) is 6.33 Å². The van der Waals surface area contributed by atoms with Crippen LogP contribution in [0, 0.1) is 5.92 Å². The van der Waals surface area contributed by atoms with Crippen molar-refractivity contribution in [1.82, 2.24) is 14.8 Å². The van der Waals surface area contributed by atoms with Gasteiger partial charge in [-0.2, -0.15) is 5.10 Å². The first-order chi connectivity index (χ1) is 5.13. The van der Waals surface area contributed by atoms with Crippen LogP contribution >= 0.6 is 0 Å². The first-order valence-electron chi connectivity index (χ1n) is 3.72. The molecule has 0 aliphatic rings. The van der Waals surface area contributed by atoms with Crippen LogP contribution in [0.4, 0.5) is 0 Å². The number of nitrogens with two attached hydrogens (primary N) is 1. The Morgan fingerprint density at radius 1 is 1.55 bits per heavy atom. The van der Waals surface area contributed by atoms with Crippen LogP contribution in [0.2, 0.25) is 0 Å². The lowest BCUT2D eigenvalue weighted by Gasteiger charge is -2.13. The third-order valence-corrected chi connectivity index (χ3v) is 1.76. The largest absolute Gasteiger partial charge is 0.321 e. The summed E-state index contributed by atoms with van der Waals surface area (Å²) < 4.78 is 1.71. The molecule has 4 nitrogen and oxygen atoms in total. The molecule has 0 bridgehead atoms. The van der Waals surface area contributed by atoms with Crippen LogP contribution in [0.5, 0.6) is 0 Å². The highest BCUT2D eigenvalue weighted by Crippen LogP contribution is 2.14. The quantitative estimate of drug-likeness (QED) is 0.673. The molecule has 1 atom stereocenters. The summed E-state index contributed by atoms with van der Waals surface area (Å²) in [5.41, 5.74) is 5.86. The molecule has 1 aromatic rings. The highest BCUT2D eigenvalue weighted by atomic mass is 15.3. The van der Waals surface area contributed by atoms with Gasteiger partial charge in [0.15, 0.2) is 0 Å². The summed E-state index contributed by atoms with van der Waals surface area (Å²) in [5, 5.41) is 3.95. The molecule has 0 fully saturated rings. The van der Waals surface area contributed by atoms with Gasteiger partial charge in [0.2, 0.25) is 0 Å². The minimum atomic E-state index is -0.0116. The molecular weight excluding hydrogens is 140 g/mol. The maximum Gasteiger partial charge on any atom is 0.143 e. The van der Waals surface area contributed by atoms with Crippen molar-refractivity contribution in [2.24, 2.45) is 18.7 Å². The number of hydrogen-bond donors (Lipinski definition) is 1. The molecule has 1 aromatic heterocycles. The highest BCUT2D eigenvalue weighted by Gasteiger charge is 2.14. The van der Waals surface area contributed by atoms with Gasteiger partial charge in [0.1, 0.15) is 12.2 Å². The summed E-state index contributed by atoms with van der Waals surface area (Å²) in [6, 6.07) is -0.0116. The van der Waals surface area contributed by atoms with E-state index in [0.29, 0.717) is 5.92 Å². The van der Waals surface area contributed by atoms with Crippen molar-refractivity contribution in [2.75, 3.05) is 0 Å². The molecule has 1 rings (SSSR count). The van der Waals surface area contributed by atoms with E-state index >= 15 is 0 Å². The molecule has 0 spiro atoms. The van der Waals surface area contributed by atoms with Gasteiger partial charge in [-0.25, -0.2) is 4.98 Å². The molecule has 0 saturated heterocycles. The number of hydrogen-bond acceptors (Lipinski definition) is 3. The van der Waals surface area contributed by atoms with Gasteiger partial charge in [0.05, 0.1) is 6.04 Å². The van der Waals surface area contributed by atoms with Gasteiger partial charge in [-0.1, -0.05) is 13.8 Å². The Kier molecular flexibility index (Phi) is 2.24. The van der Waals surface area contributed by atoms with Crippen molar-refractivity contribution in [3.05, 3.63) is 12.2 Å². The molecule has 62 valence electrons. The van der Waals surface area contributed by atoms with Gasteiger partial charge < -0.3 is 5.73 Å². The number of rotatable bonds is 2. The van der Waals surface area contributed by atoms with Crippen LogP contribution in [0.25, 0.3) is 0 Å². The summed E-state index contributed by atoms with van der Waals surface area (Å²) in [6.07, 6.45) is 1.53. The number of aryl methyl sites for hydroxylation is 1. The van der Waals surface area contributed by atoms with Crippen molar-refractivity contribution in [2.45, 2.75) is 19.9 Å². The fraction of sp³-hybridized carbons (Fsp3) is 0.714. The average molecular weight is 154 g/mol. The highest BCUT2D eigenvalue weighted by molar-refractivity contribution is 4.93. The van der Waals surface area contributed by atoms with E-state index in [1.807, 2.05) is 7.05 Å². The molecule has 0 aliphatic heterocycles. The fourth-order valence-corrected chi connectivity index (χ4v) is 0.905. The van der Waals surface area contributed by atoms with Crippen molar-refractivity contribution >= 4 is 0 Å². The molecule has 0 unspecified atom stereocenters. The Bertz CT molecular complexity index is 228. The lowest BCUT2D eigenvalue weighted by Crippen LogP contribution is -2.20. The summed E-state index contributed by atoms with van der Waals surface area (Å²) in [4.78, 5) is 4.06. The third-order valence-electron chi connectivity index (χ3n) is 1.76. The van der Waals surface area contributed by atoms with Crippen LogP contribution < -0.4 is 5.73 Å². The zero-order valence-electron chi connectivity index (χ0n) is 7.15. The van der Waals surface area contributed by atoms with E-state index in [1.165, 1.54) is 6.33 Å². The van der Waals surface area contributed by atoms with Crippen molar-refractivity contribution < 1.29 is 0 Å². The van der Waals surface area contributed by atoms with Gasteiger partial charge >= 0.3 is 0 Å². The molecule has 1 heterocycles. The monoisotopic (exact) mass is 154 g/mol. The SMILES string of the molecule is CC(C)[C@H](N)c1ncnn1C. The fourth-order valence-electron chi connectivity index (χ4n) is 0.905. The lowest BCUT2D eigenvalue weighted by molar-refractivity contribution is 0.469. The smallest absolute Gasteiger partial charge is 0.143 e. The van der Waals surface area contributed by atoms with E-state index in [0.717, 1.165) is 5.82 Å². The van der Waals surface area contributed by atoms with Gasteiger partial charge in [-0.3, -0.25) is 4.68 Å². The van der Waals surface area contributed by atoms with Gasteiger partial charge in [-0.15, -0.1) is 0 Å². The van der Waals surface area contributed by atoms with Gasteiger partial charge in [-0.05, 0) is 5.92 Å². The van der Waals surface area contributed by atoms with Crippen LogP contribution in [0.3, 0.4) is 0 Å². The maximum atomic E-state index is 5.86. The van der Waals surface area contributed by atoms with E-state index < -0.39 is 0 Å². The molecule has 0 amide bonds. The van der Waals surface area contributed by atoms with Crippen LogP contribution in [-0.2, 0) is 7.05 Å². The second kappa shape index (κ2) is 3.00. The van der Waals surface area contributed by atoms with Gasteiger partial charge in [0.25, 0.3) is 0 Å². The first kappa shape index (κ1) is 8.20. The predicted octanol–water partition coefficient (Wildman–Crippen LogP) is 0.471. The molecule has 2 N–H and O–H groups in total. The minimum absolute atomic E-state index is 0.0116. The zero-order valence-corrected chi connectivity index (χ0v) is 7.15. The van der Waals surface area contributed by atoms with Crippen LogP contribution in [-0.4, -0.2) is 14.8 Å². The Balaban J connectivity index is 2.84. The zero-order chi connectivity index (χ0) is 8.43. The van der Waals surface area contributed by atoms with E-state index in [2.05, 4.69) is 23.9 Å². The van der Waals surface area contributed by atoms with E-state index in [1.54, 1.807) is 4.68 Å². The Morgan fingerprint density at radius 2 is 2.18 bits per heavy atom. The molecule has 0 aromatic carbocycles. The van der Waals surface area contributed by atoms with Crippen molar-refractivity contribution in [3.8, 4) is 0 Å². The topological polar surface area (TPSA) is 56.7 Å². The normalized spacial score (nSPS) is 13.9.